The molecule has 1 aliphatic carbocycles. The number of allylic oxidation sites excluding steroid dienone is 3. The second kappa shape index (κ2) is 3.54. The van der Waals surface area contributed by atoms with Gasteiger partial charge in [0.2, 0.25) is 0 Å². The van der Waals surface area contributed by atoms with Crippen LogP contribution < -0.4 is 5.73 Å². The van der Waals surface area contributed by atoms with Gasteiger partial charge in [-0.25, -0.2) is 0 Å². The third-order valence-corrected chi connectivity index (χ3v) is 3.01. The Morgan fingerprint density at radius 3 is 3.00 bits per heavy atom. The van der Waals surface area contributed by atoms with Crippen molar-refractivity contribution in [3.05, 3.63) is 23.9 Å². The average Bonchev–Trinajstić information content (AvgIpc) is 2.92. The Kier molecular flexibility index (Phi) is 2.40. The van der Waals surface area contributed by atoms with E-state index < -0.39 is 0 Å². The van der Waals surface area contributed by atoms with Gasteiger partial charge < -0.3 is 10.5 Å². The van der Waals surface area contributed by atoms with Crippen LogP contribution in [-0.2, 0) is 4.74 Å². The fraction of sp³-hybridized carbons (Fsp3) is 0.636. The maximum absolute atomic E-state index is 6.06. The van der Waals surface area contributed by atoms with Crippen LogP contribution in [0.3, 0.4) is 0 Å². The molecule has 72 valence electrons. The molecule has 2 N–H and O–H groups in total. The van der Waals surface area contributed by atoms with Crippen LogP contribution in [0.1, 0.15) is 25.7 Å². The quantitative estimate of drug-likeness (QED) is 0.673. The van der Waals surface area contributed by atoms with E-state index in [-0.39, 0.29) is 0 Å². The summed E-state index contributed by atoms with van der Waals surface area (Å²) >= 11 is 0. The predicted octanol–water partition coefficient (Wildman–Crippen LogP) is 1.97. The van der Waals surface area contributed by atoms with Gasteiger partial charge in [0.05, 0.1) is 12.7 Å². The van der Waals surface area contributed by atoms with E-state index in [0.717, 1.165) is 25.1 Å². The molecule has 2 nitrogen and oxygen atoms in total. The summed E-state index contributed by atoms with van der Waals surface area (Å²) in [5.41, 5.74) is 8.39. The molecular formula is C11H17NO. The summed E-state index contributed by atoms with van der Waals surface area (Å²) in [6, 6.07) is 0. The van der Waals surface area contributed by atoms with Gasteiger partial charge in [-0.2, -0.15) is 0 Å². The summed E-state index contributed by atoms with van der Waals surface area (Å²) in [6.45, 7) is 4.73. The topological polar surface area (TPSA) is 38.5 Å². The molecule has 2 unspecified atom stereocenters. The number of epoxide rings is 1. The molecule has 1 aliphatic heterocycles. The summed E-state index contributed by atoms with van der Waals surface area (Å²) in [6.07, 6.45) is 7.10. The van der Waals surface area contributed by atoms with Crippen molar-refractivity contribution in [1.29, 1.82) is 0 Å². The zero-order valence-electron chi connectivity index (χ0n) is 7.96. The van der Waals surface area contributed by atoms with E-state index in [1.807, 2.05) is 6.08 Å². The first-order valence-electron chi connectivity index (χ1n) is 5.04. The van der Waals surface area contributed by atoms with Gasteiger partial charge in [-0.05, 0) is 31.3 Å². The van der Waals surface area contributed by atoms with Crippen molar-refractivity contribution < 1.29 is 4.74 Å². The molecule has 13 heavy (non-hydrogen) atoms. The van der Waals surface area contributed by atoms with Crippen molar-refractivity contribution >= 4 is 0 Å². The van der Waals surface area contributed by atoms with Gasteiger partial charge in [-0.1, -0.05) is 12.7 Å². The van der Waals surface area contributed by atoms with E-state index >= 15 is 0 Å². The third kappa shape index (κ3) is 1.94. The minimum atomic E-state index is 0.493. The first-order valence-corrected chi connectivity index (χ1v) is 5.04. The first-order chi connectivity index (χ1) is 6.31. The van der Waals surface area contributed by atoms with Crippen molar-refractivity contribution in [3.8, 4) is 0 Å². The normalized spacial score (nSPS) is 33.2. The van der Waals surface area contributed by atoms with Gasteiger partial charge >= 0.3 is 0 Å². The zero-order chi connectivity index (χ0) is 9.26. The predicted molar refractivity (Wildman–Crippen MR) is 53.1 cm³/mol. The Hall–Kier alpha value is -0.760. The van der Waals surface area contributed by atoms with Gasteiger partial charge in [0, 0.05) is 11.6 Å². The van der Waals surface area contributed by atoms with Gasteiger partial charge in [0.25, 0.3) is 0 Å². The summed E-state index contributed by atoms with van der Waals surface area (Å²) in [5.74, 6) is 0.550. The van der Waals surface area contributed by atoms with Crippen molar-refractivity contribution in [2.24, 2.45) is 11.7 Å². The van der Waals surface area contributed by atoms with Gasteiger partial charge in [0.1, 0.15) is 0 Å². The Balaban J connectivity index is 2.04. The highest BCUT2D eigenvalue weighted by Gasteiger charge is 2.29. The molecule has 0 spiro atoms. The van der Waals surface area contributed by atoms with Crippen LogP contribution in [0.15, 0.2) is 23.9 Å². The number of nitrogens with two attached hydrogens (primary N) is 1. The molecule has 0 bridgehead atoms. The monoisotopic (exact) mass is 179 g/mol. The SMILES string of the molecule is C=CC1=C(N)C(CC2CO2)CCC1. The number of hydrogen-bond acceptors (Lipinski definition) is 2. The van der Waals surface area contributed by atoms with Crippen LogP contribution in [0.2, 0.25) is 0 Å². The molecule has 0 saturated carbocycles. The number of hydrogen-bond donors (Lipinski definition) is 1. The maximum atomic E-state index is 6.06. The molecular weight excluding hydrogens is 162 g/mol. The number of rotatable bonds is 3. The molecule has 1 saturated heterocycles. The average molecular weight is 179 g/mol. The van der Waals surface area contributed by atoms with E-state index in [1.54, 1.807) is 0 Å². The summed E-state index contributed by atoms with van der Waals surface area (Å²) < 4.78 is 5.22. The minimum absolute atomic E-state index is 0.493. The van der Waals surface area contributed by atoms with Crippen LogP contribution >= 0.6 is 0 Å². The van der Waals surface area contributed by atoms with Crippen LogP contribution in [0.4, 0.5) is 0 Å². The van der Waals surface area contributed by atoms with Crippen molar-refractivity contribution in [2.45, 2.75) is 31.8 Å². The smallest absolute Gasteiger partial charge is 0.0816 e. The summed E-state index contributed by atoms with van der Waals surface area (Å²) in [4.78, 5) is 0. The Morgan fingerprint density at radius 2 is 2.38 bits per heavy atom. The zero-order valence-corrected chi connectivity index (χ0v) is 7.96. The van der Waals surface area contributed by atoms with Crippen LogP contribution in [-0.4, -0.2) is 12.7 Å². The van der Waals surface area contributed by atoms with E-state index in [4.69, 9.17) is 10.5 Å². The highest BCUT2D eigenvalue weighted by Crippen LogP contribution is 2.33. The van der Waals surface area contributed by atoms with E-state index in [2.05, 4.69) is 6.58 Å². The third-order valence-electron chi connectivity index (χ3n) is 3.01. The van der Waals surface area contributed by atoms with Gasteiger partial charge in [0.15, 0.2) is 0 Å². The minimum Gasteiger partial charge on any atom is -0.402 e. The molecule has 2 rings (SSSR count). The molecule has 0 aromatic rings. The van der Waals surface area contributed by atoms with Gasteiger partial charge in [-0.15, -0.1) is 0 Å². The van der Waals surface area contributed by atoms with Crippen molar-refractivity contribution in [3.63, 3.8) is 0 Å². The molecule has 2 heteroatoms. The lowest BCUT2D eigenvalue weighted by molar-refractivity contribution is 0.351. The van der Waals surface area contributed by atoms with E-state index in [0.29, 0.717) is 12.0 Å². The van der Waals surface area contributed by atoms with Gasteiger partial charge in [-0.3, -0.25) is 0 Å². The Morgan fingerprint density at radius 1 is 1.62 bits per heavy atom. The maximum Gasteiger partial charge on any atom is 0.0816 e. The standard InChI is InChI=1S/C11H17NO/c1-2-8-4-3-5-9(11(8)12)6-10-7-13-10/h2,9-10H,1,3-7,12H2. The summed E-state index contributed by atoms with van der Waals surface area (Å²) in [7, 11) is 0. The lowest BCUT2D eigenvalue weighted by atomic mass is 9.84. The van der Waals surface area contributed by atoms with E-state index in [1.165, 1.54) is 18.4 Å². The molecule has 1 heterocycles. The highest BCUT2D eigenvalue weighted by molar-refractivity contribution is 5.26. The second-order valence-corrected chi connectivity index (χ2v) is 3.96. The molecule has 0 aromatic carbocycles. The van der Waals surface area contributed by atoms with Crippen LogP contribution in [0, 0.1) is 5.92 Å². The second-order valence-electron chi connectivity index (χ2n) is 3.96. The molecule has 0 radical (unpaired) electrons. The van der Waals surface area contributed by atoms with Crippen LogP contribution in [0.5, 0.6) is 0 Å². The molecule has 2 atom stereocenters. The molecule has 0 amide bonds. The lowest BCUT2D eigenvalue weighted by Gasteiger charge is -2.24. The fourth-order valence-electron chi connectivity index (χ4n) is 2.09. The lowest BCUT2D eigenvalue weighted by Crippen LogP contribution is -2.20. The van der Waals surface area contributed by atoms with Crippen molar-refractivity contribution in [1.82, 2.24) is 0 Å². The summed E-state index contributed by atoms with van der Waals surface area (Å²) in [5, 5.41) is 0. The Labute approximate surface area is 79.5 Å². The molecule has 0 aromatic heterocycles. The highest BCUT2D eigenvalue weighted by atomic mass is 16.6. The molecule has 1 fully saturated rings. The first kappa shape index (κ1) is 8.82. The van der Waals surface area contributed by atoms with Crippen molar-refractivity contribution in [2.75, 3.05) is 6.61 Å². The van der Waals surface area contributed by atoms with Crippen LogP contribution in [0.25, 0.3) is 0 Å². The fourth-order valence-corrected chi connectivity index (χ4v) is 2.09. The van der Waals surface area contributed by atoms with E-state index in [9.17, 15) is 0 Å². The Bertz CT molecular complexity index is 240. The largest absolute Gasteiger partial charge is 0.402 e. The number of ether oxygens (including phenoxy) is 1. The molecule has 2 aliphatic rings.